The number of carbonyl (C=O) groups is 1. The quantitative estimate of drug-likeness (QED) is 0.801. The molecule has 5 rings (SSSR count). The lowest BCUT2D eigenvalue weighted by Crippen LogP contribution is -2.41. The van der Waals surface area contributed by atoms with Crippen LogP contribution in [0.3, 0.4) is 0 Å². The van der Waals surface area contributed by atoms with E-state index in [1.165, 1.54) is 28.0 Å². The zero-order valence-corrected chi connectivity index (χ0v) is 14.3. The molecule has 0 saturated heterocycles. The van der Waals surface area contributed by atoms with Gasteiger partial charge in [0.15, 0.2) is 5.78 Å². The summed E-state index contributed by atoms with van der Waals surface area (Å²) in [5, 5.41) is 7.57. The second-order valence-electron chi connectivity index (χ2n) is 8.42. The Hall–Kier alpha value is -2.16. The first-order valence-electron chi connectivity index (χ1n) is 8.88. The number of nitrogens with one attached hydrogen (secondary N) is 1. The average molecular weight is 318 g/mol. The number of aromatic amines is 1. The predicted octanol–water partition coefficient (Wildman–Crippen LogP) is 3.88. The third-order valence-corrected chi connectivity index (χ3v) is 6.20. The van der Waals surface area contributed by atoms with Gasteiger partial charge in [0, 0.05) is 29.7 Å². The minimum Gasteiger partial charge on any atom is -0.294 e. The van der Waals surface area contributed by atoms with E-state index in [1.54, 1.807) is 0 Å². The molecule has 0 amide bonds. The van der Waals surface area contributed by atoms with E-state index < -0.39 is 0 Å². The number of allylic oxidation sites excluding steroid dienone is 2. The number of carbonyl (C=O) groups excluding carboxylic acids is 1. The number of rotatable bonds is 0. The van der Waals surface area contributed by atoms with Gasteiger partial charge in [0.05, 0.1) is 11.6 Å². The lowest BCUT2D eigenvalue weighted by atomic mass is 9.58. The summed E-state index contributed by atoms with van der Waals surface area (Å²) in [6.45, 7) is 4.43. The second-order valence-corrected chi connectivity index (χ2v) is 8.42. The molecule has 1 aromatic carbocycles. The van der Waals surface area contributed by atoms with Gasteiger partial charge in [0.2, 0.25) is 0 Å². The third kappa shape index (κ3) is 1.68. The number of aromatic nitrogens is 2. The molecule has 0 saturated carbocycles. The van der Waals surface area contributed by atoms with Crippen molar-refractivity contribution in [3.63, 3.8) is 0 Å². The van der Waals surface area contributed by atoms with E-state index in [4.69, 9.17) is 0 Å². The van der Waals surface area contributed by atoms with Crippen molar-refractivity contribution in [2.75, 3.05) is 0 Å². The van der Waals surface area contributed by atoms with Gasteiger partial charge in [-0.25, -0.2) is 0 Å². The van der Waals surface area contributed by atoms with Gasteiger partial charge in [0.25, 0.3) is 0 Å². The number of benzene rings is 1. The Kier molecular flexibility index (Phi) is 2.65. The normalized spacial score (nSPS) is 27.2. The SMILES string of the molecule is CC1(C)CC(=O)C2=C(Cc3[nH]ncc3[C@@]23CCc2ccccc23)C1. The molecular weight excluding hydrogens is 296 g/mol. The van der Waals surface area contributed by atoms with Crippen LogP contribution in [0.5, 0.6) is 0 Å². The molecule has 24 heavy (non-hydrogen) atoms. The fourth-order valence-electron chi connectivity index (χ4n) is 5.45. The highest BCUT2D eigenvalue weighted by Gasteiger charge is 2.52. The molecule has 2 aromatic rings. The van der Waals surface area contributed by atoms with Gasteiger partial charge in [-0.2, -0.15) is 5.10 Å². The molecule has 1 heterocycles. The van der Waals surface area contributed by atoms with Gasteiger partial charge in [-0.3, -0.25) is 9.89 Å². The van der Waals surface area contributed by atoms with E-state index in [0.717, 1.165) is 31.3 Å². The van der Waals surface area contributed by atoms with Gasteiger partial charge in [-0.05, 0) is 35.8 Å². The fourth-order valence-corrected chi connectivity index (χ4v) is 5.45. The van der Waals surface area contributed by atoms with E-state index in [-0.39, 0.29) is 10.8 Å². The number of fused-ring (bicyclic) bond motifs is 5. The first-order valence-corrected chi connectivity index (χ1v) is 8.88. The molecule has 3 aliphatic rings. The maximum absolute atomic E-state index is 13.3. The summed E-state index contributed by atoms with van der Waals surface area (Å²) in [4.78, 5) is 13.3. The van der Waals surface area contributed by atoms with Gasteiger partial charge in [-0.15, -0.1) is 0 Å². The van der Waals surface area contributed by atoms with E-state index in [9.17, 15) is 4.79 Å². The number of nitrogens with zero attached hydrogens (tertiary/aromatic N) is 1. The highest BCUT2D eigenvalue weighted by molar-refractivity contribution is 6.02. The molecule has 1 N–H and O–H groups in total. The minimum absolute atomic E-state index is 0.0623. The summed E-state index contributed by atoms with van der Waals surface area (Å²) >= 11 is 0. The van der Waals surface area contributed by atoms with Crippen molar-refractivity contribution in [2.45, 2.75) is 51.4 Å². The van der Waals surface area contributed by atoms with E-state index >= 15 is 0 Å². The van der Waals surface area contributed by atoms with Crippen molar-refractivity contribution in [2.24, 2.45) is 5.41 Å². The summed E-state index contributed by atoms with van der Waals surface area (Å²) in [6.07, 6.45) is 6.51. The number of Topliss-reactive ketones (excluding diaryl/α,β-unsaturated/α-hetero) is 1. The van der Waals surface area contributed by atoms with Gasteiger partial charge in [-0.1, -0.05) is 43.7 Å². The predicted molar refractivity (Wildman–Crippen MR) is 92.9 cm³/mol. The third-order valence-electron chi connectivity index (χ3n) is 6.20. The van der Waals surface area contributed by atoms with Crippen LogP contribution in [0.1, 0.15) is 55.5 Å². The van der Waals surface area contributed by atoms with E-state index in [2.05, 4.69) is 48.3 Å². The first kappa shape index (κ1) is 14.2. The molecule has 3 aliphatic carbocycles. The Morgan fingerprint density at radius 2 is 1.96 bits per heavy atom. The zero-order valence-electron chi connectivity index (χ0n) is 14.3. The molecule has 0 bridgehead atoms. The maximum atomic E-state index is 13.3. The van der Waals surface area contributed by atoms with E-state index in [1.807, 2.05) is 6.20 Å². The molecule has 1 spiro atoms. The molecule has 1 atom stereocenters. The van der Waals surface area contributed by atoms with Crippen LogP contribution in [0.4, 0.5) is 0 Å². The molecule has 0 aliphatic heterocycles. The van der Waals surface area contributed by atoms with Crippen molar-refractivity contribution in [3.05, 3.63) is 64.0 Å². The molecular formula is C21H22N2O. The summed E-state index contributed by atoms with van der Waals surface area (Å²) < 4.78 is 0. The molecule has 3 nitrogen and oxygen atoms in total. The lowest BCUT2D eigenvalue weighted by molar-refractivity contribution is -0.118. The lowest BCUT2D eigenvalue weighted by Gasteiger charge is -2.43. The Morgan fingerprint density at radius 1 is 1.12 bits per heavy atom. The first-order chi connectivity index (χ1) is 11.5. The smallest absolute Gasteiger partial charge is 0.160 e. The van der Waals surface area contributed by atoms with Crippen molar-refractivity contribution >= 4 is 5.78 Å². The number of aryl methyl sites for hydroxylation is 1. The van der Waals surface area contributed by atoms with Crippen molar-refractivity contribution in [1.82, 2.24) is 10.2 Å². The Bertz CT molecular complexity index is 902. The van der Waals surface area contributed by atoms with Crippen LogP contribution in [0.2, 0.25) is 0 Å². The summed E-state index contributed by atoms with van der Waals surface area (Å²) in [6, 6.07) is 8.66. The molecule has 3 heteroatoms. The van der Waals surface area contributed by atoms with Crippen molar-refractivity contribution < 1.29 is 4.79 Å². The van der Waals surface area contributed by atoms with Crippen LogP contribution in [0.15, 0.2) is 41.6 Å². The van der Waals surface area contributed by atoms with Crippen molar-refractivity contribution in [1.29, 1.82) is 0 Å². The van der Waals surface area contributed by atoms with Crippen LogP contribution in [-0.2, 0) is 23.1 Å². The average Bonchev–Trinajstić information content (AvgIpc) is 3.12. The number of H-pyrrole nitrogens is 1. The summed E-state index contributed by atoms with van der Waals surface area (Å²) in [7, 11) is 0. The fraction of sp³-hybridized carbons (Fsp3) is 0.429. The Morgan fingerprint density at radius 3 is 2.83 bits per heavy atom. The molecule has 0 radical (unpaired) electrons. The van der Waals surface area contributed by atoms with Gasteiger partial charge >= 0.3 is 0 Å². The molecule has 1 aromatic heterocycles. The van der Waals surface area contributed by atoms with Crippen LogP contribution in [0, 0.1) is 5.41 Å². The van der Waals surface area contributed by atoms with Crippen LogP contribution >= 0.6 is 0 Å². The summed E-state index contributed by atoms with van der Waals surface area (Å²) in [5.74, 6) is 0.352. The maximum Gasteiger partial charge on any atom is 0.160 e. The zero-order chi connectivity index (χ0) is 16.5. The van der Waals surface area contributed by atoms with Crippen LogP contribution in [0.25, 0.3) is 0 Å². The van der Waals surface area contributed by atoms with Gasteiger partial charge in [0.1, 0.15) is 0 Å². The largest absolute Gasteiger partial charge is 0.294 e. The number of ketones is 1. The standard InChI is InChI=1S/C21H22N2O/c1-20(2)10-14-9-17-16(12-22-23-17)21(19(14)18(24)11-20)8-7-13-5-3-4-6-15(13)21/h3-6,12H,7-11H2,1-2H3,(H,22,23)/t21-/m0/s1. The van der Waals surface area contributed by atoms with Gasteiger partial charge < -0.3 is 0 Å². The highest BCUT2D eigenvalue weighted by atomic mass is 16.1. The van der Waals surface area contributed by atoms with E-state index in [0.29, 0.717) is 12.2 Å². The topological polar surface area (TPSA) is 45.8 Å². The minimum atomic E-state index is -0.264. The highest BCUT2D eigenvalue weighted by Crippen LogP contribution is 2.56. The Labute approximate surface area is 142 Å². The summed E-state index contributed by atoms with van der Waals surface area (Å²) in [5.41, 5.74) is 7.39. The molecule has 0 unspecified atom stereocenters. The monoisotopic (exact) mass is 318 g/mol. The number of hydrogen-bond donors (Lipinski definition) is 1. The Balaban J connectivity index is 1.83. The van der Waals surface area contributed by atoms with Crippen molar-refractivity contribution in [3.8, 4) is 0 Å². The molecule has 122 valence electrons. The van der Waals surface area contributed by atoms with Crippen LogP contribution < -0.4 is 0 Å². The number of hydrogen-bond acceptors (Lipinski definition) is 2. The van der Waals surface area contributed by atoms with Crippen LogP contribution in [-0.4, -0.2) is 16.0 Å². The second kappa shape index (κ2) is 4.47. The molecule has 0 fully saturated rings.